The molecule has 0 spiro atoms. The second-order valence-electron chi connectivity index (χ2n) is 4.30. The van der Waals surface area contributed by atoms with Crippen LogP contribution in [-0.2, 0) is 9.53 Å². The first-order valence-corrected chi connectivity index (χ1v) is 6.32. The number of para-hydroxylation sites is 1. The molecule has 0 fully saturated rings. The van der Waals surface area contributed by atoms with Crippen LogP contribution >= 0.6 is 0 Å². The van der Waals surface area contributed by atoms with Crippen LogP contribution in [0.1, 0.15) is 10.5 Å². The lowest BCUT2D eigenvalue weighted by Gasteiger charge is -2.06. The Morgan fingerprint density at radius 3 is 2.68 bits per heavy atom. The molecule has 0 bridgehead atoms. The molecule has 0 aliphatic carbocycles. The van der Waals surface area contributed by atoms with Crippen molar-refractivity contribution in [2.24, 2.45) is 0 Å². The van der Waals surface area contributed by atoms with Gasteiger partial charge in [-0.3, -0.25) is 14.9 Å². The van der Waals surface area contributed by atoms with Gasteiger partial charge in [0.1, 0.15) is 5.69 Å². The lowest BCUT2D eigenvalue weighted by atomic mass is 10.2. The van der Waals surface area contributed by atoms with Gasteiger partial charge in [0.05, 0.1) is 0 Å². The zero-order valence-corrected chi connectivity index (χ0v) is 11.6. The highest BCUT2D eigenvalue weighted by Crippen LogP contribution is 2.07. The lowest BCUT2D eigenvalue weighted by Crippen LogP contribution is -2.39. The summed E-state index contributed by atoms with van der Waals surface area (Å²) in [5.74, 6) is -1.65. The highest BCUT2D eigenvalue weighted by atomic mass is 16.5. The maximum Gasteiger partial charge on any atom is 0.355 e. The van der Waals surface area contributed by atoms with Crippen LogP contribution in [0.3, 0.4) is 0 Å². The summed E-state index contributed by atoms with van der Waals surface area (Å²) < 4.78 is 4.74. The summed E-state index contributed by atoms with van der Waals surface area (Å²) in [6.07, 6.45) is 0. The summed E-state index contributed by atoms with van der Waals surface area (Å²) in [6, 6.07) is 7.08. The van der Waals surface area contributed by atoms with Gasteiger partial charge in [-0.2, -0.15) is 0 Å². The largest absolute Gasteiger partial charge is 0.451 e. The van der Waals surface area contributed by atoms with Gasteiger partial charge in [0.15, 0.2) is 12.0 Å². The zero-order chi connectivity index (χ0) is 16.1. The van der Waals surface area contributed by atoms with Crippen LogP contribution in [0.15, 0.2) is 35.1 Å². The number of carbonyl (C=O) groups is 3. The summed E-state index contributed by atoms with van der Waals surface area (Å²) in [4.78, 5) is 48.7. The lowest BCUT2D eigenvalue weighted by molar-refractivity contribution is -0.123. The SMILES string of the molecule is CNC(=O)NC(=O)COC(=O)c1cc(=O)c2ccccc2[nH]1. The number of esters is 1. The Hall–Kier alpha value is -3.16. The van der Waals surface area contributed by atoms with Gasteiger partial charge in [0.25, 0.3) is 5.91 Å². The molecule has 1 aromatic carbocycles. The van der Waals surface area contributed by atoms with E-state index in [2.05, 4.69) is 10.3 Å². The number of H-pyrrole nitrogens is 1. The van der Waals surface area contributed by atoms with E-state index >= 15 is 0 Å². The Bertz CT molecular complexity index is 796. The molecular weight excluding hydrogens is 290 g/mol. The summed E-state index contributed by atoms with van der Waals surface area (Å²) in [6.45, 7) is -0.638. The molecule has 1 aromatic heterocycles. The number of aromatic nitrogens is 1. The maximum absolute atomic E-state index is 11.9. The summed E-state index contributed by atoms with van der Waals surface area (Å²) in [5, 5.41) is 4.56. The van der Waals surface area contributed by atoms with Crippen molar-refractivity contribution in [3.05, 3.63) is 46.2 Å². The minimum atomic E-state index is -0.866. The summed E-state index contributed by atoms with van der Waals surface area (Å²) in [7, 11) is 1.34. The number of ether oxygens (including phenoxy) is 1. The molecule has 1 heterocycles. The summed E-state index contributed by atoms with van der Waals surface area (Å²) in [5.41, 5.74) is 0.0734. The molecule has 3 amide bonds. The molecule has 0 aliphatic rings. The van der Waals surface area contributed by atoms with Crippen LogP contribution in [0.4, 0.5) is 4.79 Å². The van der Waals surface area contributed by atoms with Gasteiger partial charge in [0, 0.05) is 24.0 Å². The van der Waals surface area contributed by atoms with Gasteiger partial charge in [-0.25, -0.2) is 9.59 Å². The molecular formula is C14H13N3O5. The molecule has 8 heteroatoms. The van der Waals surface area contributed by atoms with Crippen molar-refractivity contribution in [3.63, 3.8) is 0 Å². The number of carbonyl (C=O) groups excluding carboxylic acids is 3. The van der Waals surface area contributed by atoms with E-state index in [4.69, 9.17) is 4.74 Å². The van der Waals surface area contributed by atoms with Gasteiger partial charge in [-0.15, -0.1) is 0 Å². The molecule has 0 aliphatic heterocycles. The van der Waals surface area contributed by atoms with Crippen molar-refractivity contribution < 1.29 is 19.1 Å². The molecule has 3 N–H and O–H groups in total. The minimum absolute atomic E-state index is 0.0727. The van der Waals surface area contributed by atoms with Crippen LogP contribution in [0, 0.1) is 0 Å². The Kier molecular flexibility index (Phi) is 4.52. The maximum atomic E-state index is 11.9. The fourth-order valence-corrected chi connectivity index (χ4v) is 1.74. The number of nitrogens with one attached hydrogen (secondary N) is 3. The number of hydrogen-bond donors (Lipinski definition) is 3. The number of aromatic amines is 1. The quantitative estimate of drug-likeness (QED) is 0.697. The number of rotatable bonds is 3. The predicted molar refractivity (Wildman–Crippen MR) is 77.4 cm³/mol. The van der Waals surface area contributed by atoms with Crippen molar-refractivity contribution in [3.8, 4) is 0 Å². The van der Waals surface area contributed by atoms with Crippen molar-refractivity contribution in [2.45, 2.75) is 0 Å². The Labute approximate surface area is 124 Å². The van der Waals surface area contributed by atoms with E-state index in [0.29, 0.717) is 10.9 Å². The zero-order valence-electron chi connectivity index (χ0n) is 11.6. The molecule has 2 rings (SSSR count). The van der Waals surface area contributed by atoms with Gasteiger partial charge >= 0.3 is 12.0 Å². The van der Waals surface area contributed by atoms with E-state index in [0.717, 1.165) is 6.07 Å². The van der Waals surface area contributed by atoms with Gasteiger partial charge in [-0.1, -0.05) is 12.1 Å². The number of urea groups is 1. The van der Waals surface area contributed by atoms with Crippen LogP contribution in [0.2, 0.25) is 0 Å². The van der Waals surface area contributed by atoms with E-state index in [-0.39, 0.29) is 11.1 Å². The third-order valence-electron chi connectivity index (χ3n) is 2.77. The van der Waals surface area contributed by atoms with E-state index in [1.54, 1.807) is 24.3 Å². The summed E-state index contributed by atoms with van der Waals surface area (Å²) >= 11 is 0. The number of benzene rings is 1. The van der Waals surface area contributed by atoms with Crippen LogP contribution in [-0.4, -0.2) is 36.5 Å². The van der Waals surface area contributed by atoms with E-state index in [9.17, 15) is 19.2 Å². The van der Waals surface area contributed by atoms with Crippen LogP contribution in [0.25, 0.3) is 10.9 Å². The highest BCUT2D eigenvalue weighted by Gasteiger charge is 2.14. The van der Waals surface area contributed by atoms with Gasteiger partial charge in [0.2, 0.25) is 0 Å². The fraction of sp³-hybridized carbons (Fsp3) is 0.143. The molecule has 0 atom stereocenters. The molecule has 8 nitrogen and oxygen atoms in total. The van der Waals surface area contributed by atoms with Crippen molar-refractivity contribution in [2.75, 3.05) is 13.7 Å². The molecule has 22 heavy (non-hydrogen) atoms. The Balaban J connectivity index is 2.09. The second-order valence-corrected chi connectivity index (χ2v) is 4.30. The molecule has 0 radical (unpaired) electrons. The van der Waals surface area contributed by atoms with Gasteiger partial charge in [-0.05, 0) is 12.1 Å². The number of fused-ring (bicyclic) bond motifs is 1. The topological polar surface area (TPSA) is 117 Å². The van der Waals surface area contributed by atoms with Crippen molar-refractivity contribution >= 4 is 28.8 Å². The number of imide groups is 1. The van der Waals surface area contributed by atoms with E-state index < -0.39 is 24.5 Å². The average Bonchev–Trinajstić information content (AvgIpc) is 2.52. The smallest absolute Gasteiger partial charge is 0.355 e. The second kappa shape index (κ2) is 6.53. The molecule has 0 unspecified atom stereocenters. The first kappa shape index (κ1) is 15.2. The van der Waals surface area contributed by atoms with E-state index in [1.165, 1.54) is 7.05 Å². The Morgan fingerprint density at radius 2 is 1.95 bits per heavy atom. The minimum Gasteiger partial charge on any atom is -0.451 e. The van der Waals surface area contributed by atoms with Crippen molar-refractivity contribution in [1.82, 2.24) is 15.6 Å². The predicted octanol–water partition coefficient (Wildman–Crippen LogP) is 0.141. The van der Waals surface area contributed by atoms with Crippen LogP contribution < -0.4 is 16.1 Å². The number of amides is 3. The first-order chi connectivity index (χ1) is 10.5. The van der Waals surface area contributed by atoms with Gasteiger partial charge < -0.3 is 15.0 Å². The highest BCUT2D eigenvalue weighted by molar-refractivity contribution is 5.97. The number of hydrogen-bond acceptors (Lipinski definition) is 5. The average molecular weight is 303 g/mol. The molecule has 2 aromatic rings. The van der Waals surface area contributed by atoms with E-state index in [1.807, 2.05) is 5.32 Å². The monoisotopic (exact) mass is 303 g/mol. The first-order valence-electron chi connectivity index (χ1n) is 6.32. The Morgan fingerprint density at radius 1 is 1.23 bits per heavy atom. The third-order valence-corrected chi connectivity index (χ3v) is 2.77. The standard InChI is InChI=1S/C14H13N3O5/c1-15-14(21)17-12(19)7-22-13(20)10-6-11(18)8-4-2-3-5-9(8)16-10/h2-6H,7H2,1H3,(H,16,18)(H2,15,17,19,21). The van der Waals surface area contributed by atoms with Crippen molar-refractivity contribution in [1.29, 1.82) is 0 Å². The van der Waals surface area contributed by atoms with Crippen LogP contribution in [0.5, 0.6) is 0 Å². The molecule has 0 saturated heterocycles. The fourth-order valence-electron chi connectivity index (χ4n) is 1.74. The molecule has 114 valence electrons. The normalized spacial score (nSPS) is 10.0. The number of pyridine rings is 1. The molecule has 0 saturated carbocycles. The third kappa shape index (κ3) is 3.48.